The Labute approximate surface area is 111 Å². The molecule has 0 saturated heterocycles. The van der Waals surface area contributed by atoms with Crippen LogP contribution in [0.4, 0.5) is 0 Å². The number of hydrogen-bond acceptors (Lipinski definition) is 4. The van der Waals surface area contributed by atoms with Crippen LogP contribution in [0.2, 0.25) is 0 Å². The Morgan fingerprint density at radius 1 is 0.611 bits per heavy atom. The highest BCUT2D eigenvalue weighted by Crippen LogP contribution is 2.13. The Hall–Kier alpha value is -0.160. The lowest BCUT2D eigenvalue weighted by Gasteiger charge is -2.16. The molecule has 4 atom stereocenters. The lowest BCUT2D eigenvalue weighted by Crippen LogP contribution is -2.17. The van der Waals surface area contributed by atoms with Gasteiger partial charge in [0.2, 0.25) is 0 Å². The summed E-state index contributed by atoms with van der Waals surface area (Å²) in [7, 11) is 0. The molecule has 18 heavy (non-hydrogen) atoms. The Morgan fingerprint density at radius 3 is 1.28 bits per heavy atom. The van der Waals surface area contributed by atoms with Gasteiger partial charge >= 0.3 is 0 Å². The number of aliphatic hydroxyl groups excluding tert-OH is 4. The SMILES string of the molecule is CCCC(O)CCC(O)CCC(O)CCC(C)O. The van der Waals surface area contributed by atoms with Crippen LogP contribution in [0.5, 0.6) is 0 Å². The number of rotatable bonds is 11. The predicted molar refractivity (Wildman–Crippen MR) is 72.3 cm³/mol. The van der Waals surface area contributed by atoms with Crippen LogP contribution < -0.4 is 0 Å². The van der Waals surface area contributed by atoms with E-state index in [4.69, 9.17) is 5.11 Å². The second kappa shape index (κ2) is 10.7. The summed E-state index contributed by atoms with van der Waals surface area (Å²) in [6.45, 7) is 3.73. The first-order chi connectivity index (χ1) is 8.45. The van der Waals surface area contributed by atoms with Crippen molar-refractivity contribution < 1.29 is 20.4 Å². The van der Waals surface area contributed by atoms with Crippen LogP contribution in [-0.2, 0) is 0 Å². The maximum absolute atomic E-state index is 9.72. The molecule has 4 unspecified atom stereocenters. The van der Waals surface area contributed by atoms with Crippen molar-refractivity contribution in [2.24, 2.45) is 0 Å². The summed E-state index contributed by atoms with van der Waals surface area (Å²) >= 11 is 0. The normalized spacial score (nSPS) is 18.3. The molecule has 0 heterocycles. The predicted octanol–water partition coefficient (Wildman–Crippen LogP) is 1.59. The van der Waals surface area contributed by atoms with Gasteiger partial charge in [0, 0.05) is 0 Å². The summed E-state index contributed by atoms with van der Waals surface area (Å²) in [5.41, 5.74) is 0. The smallest absolute Gasteiger partial charge is 0.0542 e. The fourth-order valence-corrected chi connectivity index (χ4v) is 1.97. The van der Waals surface area contributed by atoms with Gasteiger partial charge in [-0.25, -0.2) is 0 Å². The molecule has 4 heteroatoms. The van der Waals surface area contributed by atoms with Crippen molar-refractivity contribution >= 4 is 0 Å². The van der Waals surface area contributed by atoms with Crippen LogP contribution >= 0.6 is 0 Å². The van der Waals surface area contributed by atoms with Crippen molar-refractivity contribution in [3.05, 3.63) is 0 Å². The zero-order valence-corrected chi connectivity index (χ0v) is 11.8. The van der Waals surface area contributed by atoms with Crippen molar-refractivity contribution in [3.8, 4) is 0 Å². The average Bonchev–Trinajstić information content (AvgIpc) is 2.31. The molecule has 0 spiro atoms. The molecule has 0 rings (SSSR count). The van der Waals surface area contributed by atoms with Crippen molar-refractivity contribution in [3.63, 3.8) is 0 Å². The first-order valence-electron chi connectivity index (χ1n) is 7.17. The van der Waals surface area contributed by atoms with Crippen molar-refractivity contribution in [1.82, 2.24) is 0 Å². The van der Waals surface area contributed by atoms with E-state index in [1.165, 1.54) is 0 Å². The Morgan fingerprint density at radius 2 is 0.944 bits per heavy atom. The lowest BCUT2D eigenvalue weighted by atomic mass is 10.00. The molecule has 4 nitrogen and oxygen atoms in total. The third-order valence-corrected chi connectivity index (χ3v) is 3.21. The van der Waals surface area contributed by atoms with E-state index in [0.29, 0.717) is 38.5 Å². The van der Waals surface area contributed by atoms with Crippen LogP contribution in [0.15, 0.2) is 0 Å². The maximum Gasteiger partial charge on any atom is 0.0542 e. The van der Waals surface area contributed by atoms with E-state index in [-0.39, 0.29) is 12.2 Å². The standard InChI is InChI=1S/C14H30O4/c1-3-4-12(16)7-8-14(18)10-9-13(17)6-5-11(2)15/h11-18H,3-10H2,1-2H3. The minimum absolute atomic E-state index is 0.315. The van der Waals surface area contributed by atoms with Gasteiger partial charge < -0.3 is 20.4 Å². The molecule has 110 valence electrons. The summed E-state index contributed by atoms with van der Waals surface area (Å²) in [6, 6.07) is 0. The highest BCUT2D eigenvalue weighted by Gasteiger charge is 2.12. The number of hydrogen-bond donors (Lipinski definition) is 4. The zero-order chi connectivity index (χ0) is 14.0. The molecule has 0 aromatic carbocycles. The minimum Gasteiger partial charge on any atom is -0.393 e. The highest BCUT2D eigenvalue weighted by atomic mass is 16.3. The summed E-state index contributed by atoms with van der Waals surface area (Å²) in [4.78, 5) is 0. The summed E-state index contributed by atoms with van der Waals surface area (Å²) < 4.78 is 0. The third kappa shape index (κ3) is 11.0. The van der Waals surface area contributed by atoms with E-state index in [1.54, 1.807) is 6.92 Å². The van der Waals surface area contributed by atoms with Gasteiger partial charge in [-0.15, -0.1) is 0 Å². The first kappa shape index (κ1) is 17.8. The van der Waals surface area contributed by atoms with Gasteiger partial charge in [-0.2, -0.15) is 0 Å². The van der Waals surface area contributed by atoms with Gasteiger partial charge in [0.15, 0.2) is 0 Å². The van der Waals surface area contributed by atoms with Crippen molar-refractivity contribution in [2.45, 2.75) is 89.6 Å². The summed E-state index contributed by atoms with van der Waals surface area (Å²) in [5.74, 6) is 0. The van der Waals surface area contributed by atoms with Crippen LogP contribution in [0.25, 0.3) is 0 Å². The van der Waals surface area contributed by atoms with Crippen LogP contribution in [0.3, 0.4) is 0 Å². The zero-order valence-electron chi connectivity index (χ0n) is 11.8. The topological polar surface area (TPSA) is 80.9 Å². The summed E-state index contributed by atoms with van der Waals surface area (Å²) in [6.07, 6.45) is 3.63. The van der Waals surface area contributed by atoms with Gasteiger partial charge in [-0.05, 0) is 51.9 Å². The fourth-order valence-electron chi connectivity index (χ4n) is 1.97. The second-order valence-electron chi connectivity index (χ2n) is 5.33. The van der Waals surface area contributed by atoms with Crippen molar-refractivity contribution in [2.75, 3.05) is 0 Å². The molecule has 0 radical (unpaired) electrons. The van der Waals surface area contributed by atoms with E-state index < -0.39 is 12.2 Å². The minimum atomic E-state index is -0.449. The summed E-state index contributed by atoms with van der Waals surface area (Å²) in [5, 5.41) is 38.0. The fraction of sp³-hybridized carbons (Fsp3) is 1.00. The van der Waals surface area contributed by atoms with Gasteiger partial charge in [-0.1, -0.05) is 13.3 Å². The lowest BCUT2D eigenvalue weighted by molar-refractivity contribution is 0.0767. The van der Waals surface area contributed by atoms with Gasteiger partial charge in [0.25, 0.3) is 0 Å². The van der Waals surface area contributed by atoms with E-state index in [9.17, 15) is 15.3 Å². The number of aliphatic hydroxyl groups is 4. The molecule has 0 bridgehead atoms. The Balaban J connectivity index is 3.54. The molecule has 0 saturated carbocycles. The quantitative estimate of drug-likeness (QED) is 0.456. The van der Waals surface area contributed by atoms with Crippen LogP contribution in [-0.4, -0.2) is 44.8 Å². The average molecular weight is 262 g/mol. The Bertz CT molecular complexity index is 185. The Kier molecular flexibility index (Phi) is 10.6. The van der Waals surface area contributed by atoms with Crippen LogP contribution in [0, 0.1) is 0 Å². The monoisotopic (exact) mass is 262 g/mol. The van der Waals surface area contributed by atoms with Gasteiger partial charge in [0.1, 0.15) is 0 Å². The molecule has 0 aliphatic heterocycles. The molecule has 0 aromatic rings. The molecule has 0 amide bonds. The van der Waals surface area contributed by atoms with Crippen molar-refractivity contribution in [1.29, 1.82) is 0 Å². The molecule has 4 N–H and O–H groups in total. The molecule has 0 aromatic heterocycles. The maximum atomic E-state index is 9.72. The molecular weight excluding hydrogens is 232 g/mol. The van der Waals surface area contributed by atoms with Gasteiger partial charge in [-0.3, -0.25) is 0 Å². The third-order valence-electron chi connectivity index (χ3n) is 3.21. The van der Waals surface area contributed by atoms with E-state index in [0.717, 1.165) is 12.8 Å². The first-order valence-corrected chi connectivity index (χ1v) is 7.17. The molecular formula is C14H30O4. The molecule has 0 aliphatic carbocycles. The van der Waals surface area contributed by atoms with Crippen LogP contribution in [0.1, 0.15) is 65.2 Å². The van der Waals surface area contributed by atoms with E-state index >= 15 is 0 Å². The highest BCUT2D eigenvalue weighted by molar-refractivity contribution is 4.65. The van der Waals surface area contributed by atoms with E-state index in [1.807, 2.05) is 6.92 Å². The second-order valence-corrected chi connectivity index (χ2v) is 5.33. The van der Waals surface area contributed by atoms with Gasteiger partial charge in [0.05, 0.1) is 24.4 Å². The largest absolute Gasteiger partial charge is 0.393 e. The molecule has 0 fully saturated rings. The van der Waals surface area contributed by atoms with E-state index in [2.05, 4.69) is 0 Å². The molecule has 0 aliphatic rings.